The molecule has 0 aromatic heterocycles. The molecule has 1 aromatic rings. The van der Waals surface area contributed by atoms with Crippen molar-refractivity contribution in [3.05, 3.63) is 35.9 Å². The van der Waals surface area contributed by atoms with Crippen molar-refractivity contribution in [2.45, 2.75) is 31.7 Å². The summed E-state index contributed by atoms with van der Waals surface area (Å²) >= 11 is 0. The number of rotatable bonds is 7. The van der Waals surface area contributed by atoms with Gasteiger partial charge in [0.15, 0.2) is 0 Å². The molecule has 0 radical (unpaired) electrons. The van der Waals surface area contributed by atoms with E-state index in [0.717, 1.165) is 5.56 Å². The second-order valence-corrected chi connectivity index (χ2v) is 4.65. The van der Waals surface area contributed by atoms with Crippen LogP contribution in [0.25, 0.3) is 0 Å². The molecule has 0 saturated heterocycles. The standard InChI is InChI=1S/C15H19NO5/c1-10(11-6-4-3-5-7-11)14(18)16-12(15(19)20)8-9-13(17)21-2/h3-7,10,12H,8-9H2,1-2H3,(H,16,18)(H,19,20)/t10?,12-/m1/s1. The fraction of sp³-hybridized carbons (Fsp3) is 0.400. The summed E-state index contributed by atoms with van der Waals surface area (Å²) in [6.07, 6.45) is -0.0667. The van der Waals surface area contributed by atoms with Crippen LogP contribution in [-0.4, -0.2) is 36.1 Å². The van der Waals surface area contributed by atoms with E-state index >= 15 is 0 Å². The zero-order valence-corrected chi connectivity index (χ0v) is 12.0. The average molecular weight is 293 g/mol. The van der Waals surface area contributed by atoms with Gasteiger partial charge in [-0.2, -0.15) is 0 Å². The van der Waals surface area contributed by atoms with E-state index in [4.69, 9.17) is 5.11 Å². The molecule has 2 atom stereocenters. The summed E-state index contributed by atoms with van der Waals surface area (Å²) in [6, 6.07) is 7.95. The van der Waals surface area contributed by atoms with Crippen molar-refractivity contribution < 1.29 is 24.2 Å². The van der Waals surface area contributed by atoms with Gasteiger partial charge >= 0.3 is 11.9 Å². The lowest BCUT2D eigenvalue weighted by Gasteiger charge is -2.17. The van der Waals surface area contributed by atoms with E-state index in [2.05, 4.69) is 10.1 Å². The van der Waals surface area contributed by atoms with E-state index in [1.807, 2.05) is 18.2 Å². The molecule has 0 aliphatic heterocycles. The number of hydrogen-bond acceptors (Lipinski definition) is 4. The van der Waals surface area contributed by atoms with Crippen LogP contribution in [0.2, 0.25) is 0 Å². The van der Waals surface area contributed by atoms with Gasteiger partial charge in [-0.25, -0.2) is 4.79 Å². The van der Waals surface area contributed by atoms with Gasteiger partial charge in [0.2, 0.25) is 5.91 Å². The van der Waals surface area contributed by atoms with Gasteiger partial charge in [-0.1, -0.05) is 30.3 Å². The van der Waals surface area contributed by atoms with E-state index < -0.39 is 29.8 Å². The number of carboxylic acids is 1. The third-order valence-corrected chi connectivity index (χ3v) is 3.17. The minimum atomic E-state index is -1.17. The Morgan fingerprint density at radius 1 is 1.24 bits per heavy atom. The molecular formula is C15H19NO5. The van der Waals surface area contributed by atoms with Crippen molar-refractivity contribution in [2.24, 2.45) is 0 Å². The highest BCUT2D eigenvalue weighted by molar-refractivity contribution is 5.88. The summed E-state index contributed by atoms with van der Waals surface area (Å²) in [5.41, 5.74) is 0.798. The van der Waals surface area contributed by atoms with Crippen molar-refractivity contribution in [3.8, 4) is 0 Å². The Morgan fingerprint density at radius 2 is 1.86 bits per heavy atom. The molecule has 114 valence electrons. The first-order valence-corrected chi connectivity index (χ1v) is 6.60. The number of ether oxygens (including phenoxy) is 1. The van der Waals surface area contributed by atoms with E-state index in [1.54, 1.807) is 19.1 Å². The lowest BCUT2D eigenvalue weighted by atomic mass is 10.00. The van der Waals surface area contributed by atoms with Crippen LogP contribution < -0.4 is 5.32 Å². The monoisotopic (exact) mass is 293 g/mol. The molecule has 1 amide bonds. The van der Waals surface area contributed by atoms with Crippen LogP contribution in [0, 0.1) is 0 Å². The predicted molar refractivity (Wildman–Crippen MR) is 75.7 cm³/mol. The number of carboxylic acid groups (broad SMARTS) is 1. The molecule has 0 aliphatic rings. The zero-order chi connectivity index (χ0) is 15.8. The number of hydrogen-bond donors (Lipinski definition) is 2. The van der Waals surface area contributed by atoms with Crippen LogP contribution in [-0.2, 0) is 19.1 Å². The van der Waals surface area contributed by atoms with Crippen LogP contribution in [0.1, 0.15) is 31.2 Å². The molecule has 0 bridgehead atoms. The van der Waals surface area contributed by atoms with Crippen molar-refractivity contribution in [1.82, 2.24) is 5.32 Å². The van der Waals surface area contributed by atoms with Gasteiger partial charge in [-0.3, -0.25) is 9.59 Å². The van der Waals surface area contributed by atoms with Gasteiger partial charge < -0.3 is 15.2 Å². The zero-order valence-electron chi connectivity index (χ0n) is 12.0. The normalized spacial score (nSPS) is 13.0. The van der Waals surface area contributed by atoms with E-state index in [-0.39, 0.29) is 12.8 Å². The third-order valence-electron chi connectivity index (χ3n) is 3.17. The number of amides is 1. The Kier molecular flexibility index (Phi) is 6.39. The number of aliphatic carboxylic acids is 1. The number of benzene rings is 1. The molecule has 0 heterocycles. The Hall–Kier alpha value is -2.37. The summed E-state index contributed by atoms with van der Waals surface area (Å²) in [6.45, 7) is 1.70. The molecule has 21 heavy (non-hydrogen) atoms. The summed E-state index contributed by atoms with van der Waals surface area (Å²) in [5, 5.41) is 11.5. The van der Waals surface area contributed by atoms with E-state index in [0.29, 0.717) is 0 Å². The van der Waals surface area contributed by atoms with Crippen molar-refractivity contribution in [3.63, 3.8) is 0 Å². The predicted octanol–water partition coefficient (Wildman–Crippen LogP) is 1.31. The number of carbonyl (C=O) groups is 3. The molecule has 0 saturated carbocycles. The Morgan fingerprint density at radius 3 is 2.38 bits per heavy atom. The maximum atomic E-state index is 12.1. The molecule has 1 aromatic carbocycles. The maximum Gasteiger partial charge on any atom is 0.326 e. The molecule has 1 rings (SSSR count). The first kappa shape index (κ1) is 16.7. The molecule has 0 fully saturated rings. The Bertz CT molecular complexity index is 500. The van der Waals surface area contributed by atoms with E-state index in [1.165, 1.54) is 7.11 Å². The Labute approximate surface area is 123 Å². The maximum absolute atomic E-state index is 12.1. The van der Waals surface area contributed by atoms with Crippen molar-refractivity contribution in [1.29, 1.82) is 0 Å². The molecule has 2 N–H and O–H groups in total. The number of carbonyl (C=O) groups excluding carboxylic acids is 2. The van der Waals surface area contributed by atoms with Crippen LogP contribution in [0.3, 0.4) is 0 Å². The van der Waals surface area contributed by atoms with Gasteiger partial charge in [-0.15, -0.1) is 0 Å². The van der Waals surface area contributed by atoms with Gasteiger partial charge in [-0.05, 0) is 18.9 Å². The molecular weight excluding hydrogens is 274 g/mol. The number of methoxy groups -OCH3 is 1. The van der Waals surface area contributed by atoms with Crippen molar-refractivity contribution in [2.75, 3.05) is 7.11 Å². The molecule has 1 unspecified atom stereocenters. The summed E-state index contributed by atoms with van der Waals surface area (Å²) in [5.74, 6) is -2.54. The van der Waals surface area contributed by atoms with Crippen LogP contribution in [0.5, 0.6) is 0 Å². The smallest absolute Gasteiger partial charge is 0.326 e. The molecule has 0 aliphatic carbocycles. The second kappa shape index (κ2) is 8.04. The van der Waals surface area contributed by atoms with Gasteiger partial charge in [0.1, 0.15) is 6.04 Å². The van der Waals surface area contributed by atoms with Gasteiger partial charge in [0.05, 0.1) is 13.0 Å². The molecule has 0 spiro atoms. The Balaban J connectivity index is 2.64. The first-order chi connectivity index (χ1) is 9.95. The third kappa shape index (κ3) is 5.25. The first-order valence-electron chi connectivity index (χ1n) is 6.60. The minimum absolute atomic E-state index is 0.00471. The average Bonchev–Trinajstić information content (AvgIpc) is 2.50. The quantitative estimate of drug-likeness (QED) is 0.739. The topological polar surface area (TPSA) is 92.7 Å². The van der Waals surface area contributed by atoms with Crippen LogP contribution >= 0.6 is 0 Å². The van der Waals surface area contributed by atoms with Crippen LogP contribution in [0.4, 0.5) is 0 Å². The number of esters is 1. The second-order valence-electron chi connectivity index (χ2n) is 4.65. The minimum Gasteiger partial charge on any atom is -0.480 e. The fourth-order valence-electron chi connectivity index (χ4n) is 1.81. The highest BCUT2D eigenvalue weighted by atomic mass is 16.5. The molecule has 6 nitrogen and oxygen atoms in total. The SMILES string of the molecule is COC(=O)CC[C@@H](NC(=O)C(C)c1ccccc1)C(=O)O. The highest BCUT2D eigenvalue weighted by Gasteiger charge is 2.24. The number of nitrogens with one attached hydrogen (secondary N) is 1. The van der Waals surface area contributed by atoms with Gasteiger partial charge in [0, 0.05) is 6.42 Å². The summed E-state index contributed by atoms with van der Waals surface area (Å²) in [4.78, 5) is 34.3. The summed E-state index contributed by atoms with van der Waals surface area (Å²) < 4.78 is 4.46. The van der Waals surface area contributed by atoms with E-state index in [9.17, 15) is 14.4 Å². The van der Waals surface area contributed by atoms with Gasteiger partial charge in [0.25, 0.3) is 0 Å². The highest BCUT2D eigenvalue weighted by Crippen LogP contribution is 2.15. The largest absolute Gasteiger partial charge is 0.480 e. The summed E-state index contributed by atoms with van der Waals surface area (Å²) in [7, 11) is 1.23. The van der Waals surface area contributed by atoms with Crippen molar-refractivity contribution >= 4 is 17.8 Å². The van der Waals surface area contributed by atoms with Crippen LogP contribution in [0.15, 0.2) is 30.3 Å². The fourth-order valence-corrected chi connectivity index (χ4v) is 1.81. The lowest BCUT2D eigenvalue weighted by molar-refractivity contribution is -0.144. The lowest BCUT2D eigenvalue weighted by Crippen LogP contribution is -2.42. The molecule has 6 heteroatoms.